The van der Waals surface area contributed by atoms with Crippen molar-refractivity contribution < 1.29 is 9.31 Å². The summed E-state index contributed by atoms with van der Waals surface area (Å²) in [6.07, 6.45) is 11.4. The second-order valence-corrected chi connectivity index (χ2v) is 9.56. The highest BCUT2D eigenvalue weighted by Gasteiger charge is 2.53. The van der Waals surface area contributed by atoms with E-state index in [2.05, 4.69) is 71.0 Å². The highest BCUT2D eigenvalue weighted by molar-refractivity contribution is 6.48. The van der Waals surface area contributed by atoms with E-state index < -0.39 is 0 Å². The standard InChI is InChI=1S/C24H37BO2/c1-19(21-14-10-7-11-15-21)18-22(17-16-20-12-8-6-9-13-20)25-26-23(2,3)24(4,5)27-25/h6,8-9,12-13,18,21-22H,7,10-11,14-17H2,1-5H3/b19-18+/t22-/m0/s1. The van der Waals surface area contributed by atoms with E-state index in [-0.39, 0.29) is 18.3 Å². The molecule has 3 rings (SSSR count). The van der Waals surface area contributed by atoms with E-state index in [1.54, 1.807) is 5.57 Å². The Labute approximate surface area is 166 Å². The Morgan fingerprint density at radius 3 is 2.22 bits per heavy atom. The Morgan fingerprint density at radius 1 is 1.04 bits per heavy atom. The third kappa shape index (κ3) is 5.06. The van der Waals surface area contributed by atoms with Crippen LogP contribution < -0.4 is 0 Å². The maximum Gasteiger partial charge on any atom is 0.465 e. The molecule has 1 saturated carbocycles. The fraction of sp³-hybridized carbons (Fsp3) is 0.667. The van der Waals surface area contributed by atoms with Gasteiger partial charge in [0.1, 0.15) is 0 Å². The fourth-order valence-electron chi connectivity index (χ4n) is 4.37. The largest absolute Gasteiger partial charge is 0.465 e. The molecule has 1 aliphatic carbocycles. The van der Waals surface area contributed by atoms with Crippen molar-refractivity contribution in [3.05, 3.63) is 47.5 Å². The second-order valence-electron chi connectivity index (χ2n) is 9.56. The van der Waals surface area contributed by atoms with Crippen LogP contribution in [-0.2, 0) is 15.7 Å². The van der Waals surface area contributed by atoms with E-state index in [9.17, 15) is 0 Å². The van der Waals surface area contributed by atoms with Gasteiger partial charge in [0.25, 0.3) is 0 Å². The van der Waals surface area contributed by atoms with Crippen LogP contribution >= 0.6 is 0 Å². The third-order valence-electron chi connectivity index (χ3n) is 6.96. The number of rotatable bonds is 6. The van der Waals surface area contributed by atoms with Gasteiger partial charge < -0.3 is 9.31 Å². The molecule has 1 aromatic rings. The SMILES string of the molecule is C/C(=C\[C@H](CCc1ccccc1)B1OC(C)(C)C(C)(C)O1)C1CCCCC1. The first-order valence-corrected chi connectivity index (χ1v) is 10.9. The highest BCUT2D eigenvalue weighted by atomic mass is 16.7. The number of aryl methyl sites for hydroxylation is 1. The molecule has 148 valence electrons. The van der Waals surface area contributed by atoms with E-state index in [1.807, 2.05) is 0 Å². The first kappa shape index (κ1) is 20.7. The molecule has 0 aromatic heterocycles. The summed E-state index contributed by atoms with van der Waals surface area (Å²) in [6, 6.07) is 10.8. The maximum atomic E-state index is 6.44. The van der Waals surface area contributed by atoms with Gasteiger partial charge in [-0.15, -0.1) is 0 Å². The van der Waals surface area contributed by atoms with Crippen LogP contribution in [0.1, 0.15) is 78.7 Å². The highest BCUT2D eigenvalue weighted by Crippen LogP contribution is 2.42. The third-order valence-corrected chi connectivity index (χ3v) is 6.96. The first-order valence-electron chi connectivity index (χ1n) is 10.9. The molecule has 1 aromatic carbocycles. The lowest BCUT2D eigenvalue weighted by atomic mass is 9.67. The van der Waals surface area contributed by atoms with Gasteiger partial charge in [0.05, 0.1) is 11.2 Å². The molecule has 0 unspecified atom stereocenters. The van der Waals surface area contributed by atoms with Gasteiger partial charge in [0.15, 0.2) is 0 Å². The number of hydrogen-bond acceptors (Lipinski definition) is 2. The van der Waals surface area contributed by atoms with Crippen LogP contribution in [0.25, 0.3) is 0 Å². The number of hydrogen-bond donors (Lipinski definition) is 0. The van der Waals surface area contributed by atoms with Gasteiger partial charge in [-0.2, -0.15) is 0 Å². The van der Waals surface area contributed by atoms with E-state index in [1.165, 1.54) is 37.7 Å². The van der Waals surface area contributed by atoms with Crippen molar-refractivity contribution in [1.82, 2.24) is 0 Å². The van der Waals surface area contributed by atoms with Crippen LogP contribution in [0.4, 0.5) is 0 Å². The van der Waals surface area contributed by atoms with Gasteiger partial charge in [-0.05, 0) is 71.8 Å². The maximum absolute atomic E-state index is 6.44. The number of allylic oxidation sites excluding steroid dienone is 2. The zero-order valence-corrected chi connectivity index (χ0v) is 18.0. The van der Waals surface area contributed by atoms with E-state index in [0.29, 0.717) is 5.82 Å². The molecule has 1 saturated heterocycles. The Hall–Kier alpha value is -1.06. The Balaban J connectivity index is 1.76. The van der Waals surface area contributed by atoms with Crippen molar-refractivity contribution in [1.29, 1.82) is 0 Å². The number of benzene rings is 1. The van der Waals surface area contributed by atoms with Crippen LogP contribution in [0.2, 0.25) is 5.82 Å². The van der Waals surface area contributed by atoms with Crippen molar-refractivity contribution in [2.75, 3.05) is 0 Å². The minimum absolute atomic E-state index is 0.155. The van der Waals surface area contributed by atoms with Crippen molar-refractivity contribution in [3.8, 4) is 0 Å². The lowest BCUT2D eigenvalue weighted by Crippen LogP contribution is -2.41. The van der Waals surface area contributed by atoms with E-state index >= 15 is 0 Å². The first-order chi connectivity index (χ1) is 12.8. The van der Waals surface area contributed by atoms with Crippen LogP contribution in [0.5, 0.6) is 0 Å². The molecule has 1 heterocycles. The predicted molar refractivity (Wildman–Crippen MR) is 115 cm³/mol. The summed E-state index contributed by atoms with van der Waals surface area (Å²) in [5, 5.41) is 0. The van der Waals surface area contributed by atoms with Gasteiger partial charge in [-0.25, -0.2) is 0 Å². The monoisotopic (exact) mass is 368 g/mol. The average Bonchev–Trinajstić information content (AvgIpc) is 2.87. The van der Waals surface area contributed by atoms with Crippen molar-refractivity contribution >= 4 is 7.12 Å². The van der Waals surface area contributed by atoms with Crippen LogP contribution in [0, 0.1) is 5.92 Å². The summed E-state index contributed by atoms with van der Waals surface area (Å²) in [6.45, 7) is 10.9. The molecule has 0 radical (unpaired) electrons. The van der Waals surface area contributed by atoms with Crippen molar-refractivity contribution in [2.24, 2.45) is 5.92 Å². The zero-order valence-electron chi connectivity index (χ0n) is 18.0. The molecule has 0 spiro atoms. The van der Waals surface area contributed by atoms with Crippen LogP contribution in [-0.4, -0.2) is 18.3 Å². The molecule has 0 amide bonds. The van der Waals surface area contributed by atoms with Gasteiger partial charge in [-0.3, -0.25) is 0 Å². The minimum Gasteiger partial charge on any atom is -0.403 e. The molecule has 2 aliphatic rings. The molecular weight excluding hydrogens is 331 g/mol. The summed E-state index contributed by atoms with van der Waals surface area (Å²) >= 11 is 0. The van der Waals surface area contributed by atoms with Gasteiger partial charge >= 0.3 is 7.12 Å². The Morgan fingerprint density at radius 2 is 1.63 bits per heavy atom. The lowest BCUT2D eigenvalue weighted by molar-refractivity contribution is 0.00578. The molecule has 0 bridgehead atoms. The normalized spacial score (nSPS) is 24.2. The molecular formula is C24H37BO2. The summed E-state index contributed by atoms with van der Waals surface area (Å²) in [5.41, 5.74) is 2.40. The lowest BCUT2D eigenvalue weighted by Gasteiger charge is -2.32. The summed E-state index contributed by atoms with van der Waals surface area (Å²) in [7, 11) is -0.155. The predicted octanol–water partition coefficient (Wildman–Crippen LogP) is 6.61. The van der Waals surface area contributed by atoms with Gasteiger partial charge in [0, 0.05) is 5.82 Å². The zero-order chi connectivity index (χ0) is 19.5. The van der Waals surface area contributed by atoms with Crippen LogP contribution in [0.3, 0.4) is 0 Å². The molecule has 1 atom stereocenters. The Kier molecular flexibility index (Phi) is 6.53. The minimum atomic E-state index is -0.269. The smallest absolute Gasteiger partial charge is 0.403 e. The topological polar surface area (TPSA) is 18.5 Å². The second kappa shape index (κ2) is 8.53. The van der Waals surface area contributed by atoms with E-state index in [4.69, 9.17) is 9.31 Å². The molecule has 1 aliphatic heterocycles. The van der Waals surface area contributed by atoms with Crippen molar-refractivity contribution in [3.63, 3.8) is 0 Å². The molecule has 2 fully saturated rings. The van der Waals surface area contributed by atoms with Gasteiger partial charge in [0.2, 0.25) is 0 Å². The molecule has 27 heavy (non-hydrogen) atoms. The fourth-order valence-corrected chi connectivity index (χ4v) is 4.37. The van der Waals surface area contributed by atoms with Crippen LogP contribution in [0.15, 0.2) is 42.0 Å². The average molecular weight is 368 g/mol. The molecule has 0 N–H and O–H groups in total. The quantitative estimate of drug-likeness (QED) is 0.416. The summed E-state index contributed by atoms with van der Waals surface area (Å²) < 4.78 is 12.9. The summed E-state index contributed by atoms with van der Waals surface area (Å²) in [4.78, 5) is 0. The van der Waals surface area contributed by atoms with Gasteiger partial charge in [-0.1, -0.05) is 61.2 Å². The van der Waals surface area contributed by atoms with E-state index in [0.717, 1.165) is 18.8 Å². The van der Waals surface area contributed by atoms with Crippen molar-refractivity contribution in [2.45, 2.75) is 96.6 Å². The molecule has 3 heteroatoms. The molecule has 2 nitrogen and oxygen atoms in total. The Bertz CT molecular complexity index is 613. The summed E-state index contributed by atoms with van der Waals surface area (Å²) in [5.74, 6) is 1.05.